The molecule has 0 aliphatic carbocycles. The van der Waals surface area contributed by atoms with Crippen molar-refractivity contribution in [1.29, 1.82) is 0 Å². The molecule has 5 rings (SSSR count). The van der Waals surface area contributed by atoms with Crippen LogP contribution in [0.3, 0.4) is 0 Å². The van der Waals surface area contributed by atoms with Gasteiger partial charge in [-0.15, -0.1) is 0 Å². The van der Waals surface area contributed by atoms with Gasteiger partial charge in [0.1, 0.15) is 11.8 Å². The lowest BCUT2D eigenvalue weighted by atomic mass is 9.84. The van der Waals surface area contributed by atoms with Crippen LogP contribution >= 0.6 is 0 Å². The number of fused-ring (bicyclic) bond motifs is 2. The van der Waals surface area contributed by atoms with E-state index in [1.807, 2.05) is 30.3 Å². The summed E-state index contributed by atoms with van der Waals surface area (Å²) < 4.78 is 5.56. The van der Waals surface area contributed by atoms with Crippen molar-refractivity contribution >= 4 is 40.2 Å². The number of nitrogens with one attached hydrogen (secondary N) is 1. The number of aliphatic carboxylic acids is 1. The van der Waals surface area contributed by atoms with Crippen molar-refractivity contribution in [2.24, 2.45) is 11.8 Å². The zero-order valence-corrected chi connectivity index (χ0v) is 18.0. The molecular formula is C25H20N2O7. The smallest absolute Gasteiger partial charge is 0.335 e. The summed E-state index contributed by atoms with van der Waals surface area (Å²) in [5.41, 5.74) is 0.606. The molecule has 0 aromatic heterocycles. The van der Waals surface area contributed by atoms with Crippen LogP contribution in [0.25, 0.3) is 10.8 Å². The molecule has 0 saturated carbocycles. The molecule has 9 heteroatoms. The van der Waals surface area contributed by atoms with Crippen LogP contribution in [0.15, 0.2) is 60.7 Å². The van der Waals surface area contributed by atoms with E-state index in [0.29, 0.717) is 11.3 Å². The Balaban J connectivity index is 1.67. The minimum atomic E-state index is -1.30. The normalized spacial score (nSPS) is 23.9. The molecule has 0 spiro atoms. The van der Waals surface area contributed by atoms with Gasteiger partial charge in [-0.1, -0.05) is 36.4 Å². The number of amides is 2. The van der Waals surface area contributed by atoms with Crippen LogP contribution in [0.4, 0.5) is 5.69 Å². The summed E-state index contributed by atoms with van der Waals surface area (Å²) in [4.78, 5) is 51.5. The topological polar surface area (TPSA) is 133 Å². The molecule has 2 fully saturated rings. The number of rotatable bonds is 5. The standard InChI is InChI=1S/C25H20N2O7/c1-34-16-10-9-12-5-2-3-8-15(12)17(16)20-18-19(21(26-20)25(32)33)23(29)27(22(18)28)14-7-4-6-13(11-14)24(30)31/h2-11,18-21,26H,1H3,(H,30,31)(H,32,33)/t18-,19-,20+,21+/m1/s1. The highest BCUT2D eigenvalue weighted by molar-refractivity contribution is 6.24. The number of aromatic carboxylic acids is 1. The maximum absolute atomic E-state index is 13.7. The summed E-state index contributed by atoms with van der Waals surface area (Å²) in [6.07, 6.45) is 0. The van der Waals surface area contributed by atoms with Gasteiger partial charge in [0, 0.05) is 11.6 Å². The van der Waals surface area contributed by atoms with Crippen molar-refractivity contribution in [2.75, 3.05) is 12.0 Å². The number of imide groups is 1. The Bertz CT molecular complexity index is 1370. The number of methoxy groups -OCH3 is 1. The maximum Gasteiger partial charge on any atom is 0.335 e. The quantitative estimate of drug-likeness (QED) is 0.495. The number of carbonyl (C=O) groups excluding carboxylic acids is 2. The minimum Gasteiger partial charge on any atom is -0.496 e. The first-order valence-electron chi connectivity index (χ1n) is 10.6. The van der Waals surface area contributed by atoms with Gasteiger partial charge in [0.05, 0.1) is 30.2 Å². The fourth-order valence-electron chi connectivity index (χ4n) is 5.11. The van der Waals surface area contributed by atoms with Crippen molar-refractivity contribution in [3.63, 3.8) is 0 Å². The van der Waals surface area contributed by atoms with Gasteiger partial charge in [-0.25, -0.2) is 9.69 Å². The molecule has 172 valence electrons. The Morgan fingerprint density at radius 1 is 0.941 bits per heavy atom. The highest BCUT2D eigenvalue weighted by Crippen LogP contribution is 2.49. The third kappa shape index (κ3) is 3.12. The monoisotopic (exact) mass is 460 g/mol. The summed E-state index contributed by atoms with van der Waals surface area (Å²) in [7, 11) is 1.49. The Labute approximate surface area is 193 Å². The summed E-state index contributed by atoms with van der Waals surface area (Å²) in [5.74, 6) is -5.43. The first kappa shape index (κ1) is 21.6. The van der Waals surface area contributed by atoms with E-state index in [1.54, 1.807) is 6.07 Å². The van der Waals surface area contributed by atoms with E-state index in [-0.39, 0.29) is 11.3 Å². The molecule has 34 heavy (non-hydrogen) atoms. The predicted octanol–water partition coefficient (Wildman–Crippen LogP) is 2.45. The second-order valence-electron chi connectivity index (χ2n) is 8.28. The lowest BCUT2D eigenvalue weighted by Crippen LogP contribution is -2.43. The molecule has 3 aromatic carbocycles. The van der Waals surface area contributed by atoms with Crippen LogP contribution in [-0.4, -0.2) is 47.1 Å². The average Bonchev–Trinajstić information content (AvgIpc) is 3.35. The minimum absolute atomic E-state index is 0.0876. The number of anilines is 1. The van der Waals surface area contributed by atoms with E-state index in [9.17, 15) is 29.4 Å². The second kappa shape index (κ2) is 7.96. The third-order valence-electron chi connectivity index (χ3n) is 6.55. The summed E-state index contributed by atoms with van der Waals surface area (Å²) in [6.45, 7) is 0. The van der Waals surface area contributed by atoms with Crippen molar-refractivity contribution in [3.8, 4) is 5.75 Å². The van der Waals surface area contributed by atoms with Crippen molar-refractivity contribution < 1.29 is 34.1 Å². The fraction of sp³-hybridized carbons (Fsp3) is 0.200. The highest BCUT2D eigenvalue weighted by Gasteiger charge is 2.62. The molecule has 3 N–H and O–H groups in total. The van der Waals surface area contributed by atoms with Gasteiger partial charge >= 0.3 is 11.9 Å². The number of carboxylic acid groups (broad SMARTS) is 2. The zero-order chi connectivity index (χ0) is 24.1. The van der Waals surface area contributed by atoms with E-state index in [0.717, 1.165) is 15.7 Å². The number of ether oxygens (including phenoxy) is 1. The van der Waals surface area contributed by atoms with Crippen LogP contribution in [0.5, 0.6) is 5.75 Å². The number of carbonyl (C=O) groups is 4. The number of hydrogen-bond acceptors (Lipinski definition) is 6. The van der Waals surface area contributed by atoms with Gasteiger partial charge in [-0.2, -0.15) is 0 Å². The highest BCUT2D eigenvalue weighted by atomic mass is 16.5. The molecule has 2 aliphatic rings. The molecule has 0 radical (unpaired) electrons. The van der Waals surface area contributed by atoms with E-state index in [1.165, 1.54) is 31.4 Å². The lowest BCUT2D eigenvalue weighted by molar-refractivity contribution is -0.142. The molecule has 4 atom stereocenters. The average molecular weight is 460 g/mol. The van der Waals surface area contributed by atoms with Gasteiger partial charge in [0.2, 0.25) is 11.8 Å². The SMILES string of the molecule is COc1ccc2ccccc2c1[C@@H]1N[C@H](C(=O)O)[C@@H]2C(=O)N(c3cccc(C(=O)O)c3)C(=O)[C@H]21. The molecule has 2 saturated heterocycles. The molecule has 0 unspecified atom stereocenters. The molecule has 2 amide bonds. The fourth-order valence-corrected chi connectivity index (χ4v) is 5.11. The predicted molar refractivity (Wildman–Crippen MR) is 121 cm³/mol. The number of hydrogen-bond donors (Lipinski definition) is 3. The Morgan fingerprint density at radius 3 is 2.38 bits per heavy atom. The number of benzene rings is 3. The maximum atomic E-state index is 13.7. The van der Waals surface area contributed by atoms with Gasteiger partial charge < -0.3 is 14.9 Å². The van der Waals surface area contributed by atoms with E-state index in [4.69, 9.17) is 4.74 Å². The summed E-state index contributed by atoms with van der Waals surface area (Å²) in [5, 5.41) is 23.9. The van der Waals surface area contributed by atoms with Gasteiger partial charge in [0.25, 0.3) is 0 Å². The van der Waals surface area contributed by atoms with Gasteiger partial charge in [-0.05, 0) is 35.0 Å². The lowest BCUT2D eigenvalue weighted by Gasteiger charge is -2.24. The first-order chi connectivity index (χ1) is 16.3. The summed E-state index contributed by atoms with van der Waals surface area (Å²) >= 11 is 0. The van der Waals surface area contributed by atoms with Crippen LogP contribution in [0.1, 0.15) is 22.0 Å². The third-order valence-corrected chi connectivity index (χ3v) is 6.55. The van der Waals surface area contributed by atoms with Crippen LogP contribution in [-0.2, 0) is 14.4 Å². The van der Waals surface area contributed by atoms with E-state index < -0.39 is 47.7 Å². The van der Waals surface area contributed by atoms with Gasteiger partial charge in [0.15, 0.2) is 0 Å². The number of nitrogens with zero attached hydrogens (tertiary/aromatic N) is 1. The van der Waals surface area contributed by atoms with Crippen molar-refractivity contribution in [3.05, 3.63) is 71.8 Å². The van der Waals surface area contributed by atoms with Crippen LogP contribution < -0.4 is 15.0 Å². The summed E-state index contributed by atoms with van der Waals surface area (Å²) in [6, 6.07) is 14.4. The molecule has 2 heterocycles. The first-order valence-corrected chi connectivity index (χ1v) is 10.6. The second-order valence-corrected chi connectivity index (χ2v) is 8.28. The van der Waals surface area contributed by atoms with Crippen molar-refractivity contribution in [2.45, 2.75) is 12.1 Å². The van der Waals surface area contributed by atoms with Crippen LogP contribution in [0, 0.1) is 11.8 Å². The molecular weight excluding hydrogens is 440 g/mol. The number of carboxylic acids is 2. The van der Waals surface area contributed by atoms with E-state index in [2.05, 4.69) is 5.32 Å². The van der Waals surface area contributed by atoms with Crippen LogP contribution in [0.2, 0.25) is 0 Å². The molecule has 0 bridgehead atoms. The van der Waals surface area contributed by atoms with Crippen molar-refractivity contribution in [1.82, 2.24) is 5.32 Å². The molecule has 3 aromatic rings. The molecule has 2 aliphatic heterocycles. The van der Waals surface area contributed by atoms with Gasteiger partial charge in [-0.3, -0.25) is 19.7 Å². The molecule has 9 nitrogen and oxygen atoms in total. The zero-order valence-electron chi connectivity index (χ0n) is 18.0. The Hall–Kier alpha value is -4.24. The van der Waals surface area contributed by atoms with E-state index >= 15 is 0 Å². The Kier molecular flexibility index (Phi) is 5.06. The largest absolute Gasteiger partial charge is 0.496 e. The Morgan fingerprint density at radius 2 is 1.68 bits per heavy atom.